The van der Waals surface area contributed by atoms with Gasteiger partial charge in [0.2, 0.25) is 5.91 Å². The number of halogens is 3. The lowest BCUT2D eigenvalue weighted by molar-refractivity contribution is -0.128. The molecule has 0 bridgehead atoms. The van der Waals surface area contributed by atoms with E-state index in [0.717, 1.165) is 22.4 Å². The molecule has 1 heterocycles. The largest absolute Gasteiger partial charge is 0.289 e. The van der Waals surface area contributed by atoms with Crippen molar-refractivity contribution in [1.82, 2.24) is 15.3 Å². The molecule has 0 saturated heterocycles. The van der Waals surface area contributed by atoms with Gasteiger partial charge in [-0.2, -0.15) is 5.10 Å². The van der Waals surface area contributed by atoms with Gasteiger partial charge in [0.25, 0.3) is 0 Å². The first-order chi connectivity index (χ1) is 13.4. The molecule has 28 heavy (non-hydrogen) atoms. The first-order valence-corrected chi connectivity index (χ1v) is 8.59. The number of aryl methyl sites for hydroxylation is 1. The summed E-state index contributed by atoms with van der Waals surface area (Å²) in [4.78, 5) is 11.6. The van der Waals surface area contributed by atoms with Crippen LogP contribution in [0.3, 0.4) is 0 Å². The quantitative estimate of drug-likeness (QED) is 0.501. The standard InChI is InChI=1S/C20H18F3N3O2/c1-12-13(4-2-5-15(12)21)8-9-18-14(10-19(27)25-28)11-24-26(18)20-16(22)6-3-7-17(20)23/h2-7,11,28H,8-10H2,1H3,(H,25,27). The minimum Gasteiger partial charge on any atom is -0.289 e. The number of carbonyl (C=O) groups excluding carboxylic acids is 1. The molecule has 0 fully saturated rings. The fourth-order valence-electron chi connectivity index (χ4n) is 3.09. The number of carbonyl (C=O) groups is 1. The van der Waals surface area contributed by atoms with E-state index < -0.39 is 17.5 Å². The first-order valence-electron chi connectivity index (χ1n) is 8.59. The molecule has 0 aliphatic heterocycles. The Morgan fingerprint density at radius 1 is 1.04 bits per heavy atom. The molecule has 3 rings (SSSR count). The molecule has 2 N–H and O–H groups in total. The summed E-state index contributed by atoms with van der Waals surface area (Å²) in [5, 5.41) is 12.8. The van der Waals surface area contributed by atoms with Gasteiger partial charge in [-0.1, -0.05) is 18.2 Å². The number of hydrogen-bond acceptors (Lipinski definition) is 3. The second-order valence-corrected chi connectivity index (χ2v) is 6.33. The number of nitrogens with one attached hydrogen (secondary N) is 1. The molecule has 146 valence electrons. The van der Waals surface area contributed by atoms with E-state index in [-0.39, 0.29) is 24.3 Å². The molecular weight excluding hydrogens is 371 g/mol. The Bertz CT molecular complexity index is 998. The number of nitrogens with zero attached hydrogens (tertiary/aromatic N) is 2. The Morgan fingerprint density at radius 3 is 2.36 bits per heavy atom. The van der Waals surface area contributed by atoms with Crippen molar-refractivity contribution >= 4 is 5.91 Å². The maximum Gasteiger partial charge on any atom is 0.247 e. The highest BCUT2D eigenvalue weighted by atomic mass is 19.1. The highest BCUT2D eigenvalue weighted by molar-refractivity contribution is 5.77. The molecule has 0 spiro atoms. The predicted molar refractivity (Wildman–Crippen MR) is 95.7 cm³/mol. The van der Waals surface area contributed by atoms with Crippen molar-refractivity contribution in [2.24, 2.45) is 0 Å². The van der Waals surface area contributed by atoms with Crippen LogP contribution < -0.4 is 5.48 Å². The summed E-state index contributed by atoms with van der Waals surface area (Å²) in [6, 6.07) is 8.18. The van der Waals surface area contributed by atoms with E-state index in [0.29, 0.717) is 23.2 Å². The lowest BCUT2D eigenvalue weighted by Crippen LogP contribution is -2.21. The second kappa shape index (κ2) is 8.26. The summed E-state index contributed by atoms with van der Waals surface area (Å²) in [7, 11) is 0. The number of hydroxylamine groups is 1. The Labute approximate surface area is 159 Å². The van der Waals surface area contributed by atoms with E-state index in [1.807, 2.05) is 0 Å². The lowest BCUT2D eigenvalue weighted by Gasteiger charge is -2.12. The van der Waals surface area contributed by atoms with Crippen molar-refractivity contribution in [2.45, 2.75) is 26.2 Å². The molecule has 1 amide bonds. The number of amides is 1. The molecule has 0 atom stereocenters. The first kappa shape index (κ1) is 19.6. The average molecular weight is 389 g/mol. The topological polar surface area (TPSA) is 67.2 Å². The summed E-state index contributed by atoms with van der Waals surface area (Å²) >= 11 is 0. The van der Waals surface area contributed by atoms with Gasteiger partial charge in [-0.25, -0.2) is 23.3 Å². The van der Waals surface area contributed by atoms with E-state index in [9.17, 15) is 18.0 Å². The maximum atomic E-state index is 14.3. The highest BCUT2D eigenvalue weighted by Crippen LogP contribution is 2.23. The van der Waals surface area contributed by atoms with Gasteiger partial charge in [0.1, 0.15) is 11.5 Å². The van der Waals surface area contributed by atoms with Gasteiger partial charge in [-0.05, 0) is 49.1 Å². The average Bonchev–Trinajstić information content (AvgIpc) is 3.05. The fourth-order valence-corrected chi connectivity index (χ4v) is 3.09. The third-order valence-corrected chi connectivity index (χ3v) is 4.59. The van der Waals surface area contributed by atoms with Crippen LogP contribution in [0.5, 0.6) is 0 Å². The normalized spacial score (nSPS) is 10.9. The molecule has 0 aliphatic carbocycles. The zero-order valence-electron chi connectivity index (χ0n) is 15.0. The van der Waals surface area contributed by atoms with Crippen molar-refractivity contribution < 1.29 is 23.2 Å². The zero-order chi connectivity index (χ0) is 20.3. The van der Waals surface area contributed by atoms with E-state index in [4.69, 9.17) is 5.21 Å². The number of rotatable bonds is 6. The fraction of sp³-hybridized carbons (Fsp3) is 0.200. The summed E-state index contributed by atoms with van der Waals surface area (Å²) in [6.07, 6.45) is 1.74. The lowest BCUT2D eigenvalue weighted by atomic mass is 10.0. The summed E-state index contributed by atoms with van der Waals surface area (Å²) in [6.45, 7) is 1.65. The second-order valence-electron chi connectivity index (χ2n) is 6.33. The third-order valence-electron chi connectivity index (χ3n) is 4.59. The van der Waals surface area contributed by atoms with Crippen molar-refractivity contribution in [3.05, 3.63) is 82.4 Å². The number of para-hydroxylation sites is 1. The van der Waals surface area contributed by atoms with E-state index in [1.54, 1.807) is 19.1 Å². The number of benzene rings is 2. The molecule has 2 aromatic carbocycles. The van der Waals surface area contributed by atoms with Crippen molar-refractivity contribution in [2.75, 3.05) is 0 Å². The van der Waals surface area contributed by atoms with E-state index >= 15 is 0 Å². The van der Waals surface area contributed by atoms with Crippen LogP contribution in [0.1, 0.15) is 22.4 Å². The van der Waals surface area contributed by atoms with Crippen LogP contribution in [-0.2, 0) is 24.1 Å². The predicted octanol–water partition coefficient (Wildman–Crippen LogP) is 3.43. The minimum atomic E-state index is -0.801. The van der Waals surface area contributed by atoms with Crippen LogP contribution in [0.25, 0.3) is 5.69 Å². The summed E-state index contributed by atoms with van der Waals surface area (Å²) < 4.78 is 43.4. The van der Waals surface area contributed by atoms with Crippen LogP contribution in [0.4, 0.5) is 13.2 Å². The van der Waals surface area contributed by atoms with Gasteiger partial charge >= 0.3 is 0 Å². The molecule has 1 aromatic heterocycles. The smallest absolute Gasteiger partial charge is 0.247 e. The molecule has 8 heteroatoms. The van der Waals surface area contributed by atoms with Gasteiger partial charge in [0, 0.05) is 11.3 Å². The highest BCUT2D eigenvalue weighted by Gasteiger charge is 2.20. The van der Waals surface area contributed by atoms with E-state index in [2.05, 4.69) is 5.10 Å². The third kappa shape index (κ3) is 3.91. The molecule has 0 unspecified atom stereocenters. The Hall–Kier alpha value is -3.13. The monoisotopic (exact) mass is 389 g/mol. The number of aromatic nitrogens is 2. The Morgan fingerprint density at radius 2 is 1.68 bits per heavy atom. The molecule has 3 aromatic rings. The van der Waals surface area contributed by atoms with Crippen molar-refractivity contribution in [3.63, 3.8) is 0 Å². The van der Waals surface area contributed by atoms with Gasteiger partial charge in [-0.3, -0.25) is 10.0 Å². The Kier molecular flexibility index (Phi) is 5.79. The Balaban J connectivity index is 2.02. The molecule has 0 saturated carbocycles. The molecule has 0 radical (unpaired) electrons. The van der Waals surface area contributed by atoms with Gasteiger partial charge in [0.05, 0.1) is 12.6 Å². The van der Waals surface area contributed by atoms with Crippen molar-refractivity contribution in [3.8, 4) is 5.69 Å². The van der Waals surface area contributed by atoms with Crippen LogP contribution in [0, 0.1) is 24.4 Å². The minimum absolute atomic E-state index is 0.218. The van der Waals surface area contributed by atoms with Crippen LogP contribution in [0.15, 0.2) is 42.6 Å². The molecular formula is C20H18F3N3O2. The molecule has 5 nitrogen and oxygen atoms in total. The SMILES string of the molecule is Cc1c(F)cccc1CCc1c(CC(=O)NO)cnn1-c1c(F)cccc1F. The van der Waals surface area contributed by atoms with Crippen LogP contribution in [0.2, 0.25) is 0 Å². The number of hydrogen-bond donors (Lipinski definition) is 2. The van der Waals surface area contributed by atoms with Crippen LogP contribution in [-0.4, -0.2) is 20.9 Å². The maximum absolute atomic E-state index is 14.3. The zero-order valence-corrected chi connectivity index (χ0v) is 15.0. The van der Waals surface area contributed by atoms with Gasteiger partial charge in [-0.15, -0.1) is 0 Å². The van der Waals surface area contributed by atoms with Crippen LogP contribution >= 0.6 is 0 Å². The molecule has 0 aliphatic rings. The summed E-state index contributed by atoms with van der Waals surface area (Å²) in [5.41, 5.74) is 3.20. The summed E-state index contributed by atoms with van der Waals surface area (Å²) in [5.74, 6) is -2.63. The van der Waals surface area contributed by atoms with E-state index in [1.165, 1.54) is 23.8 Å². The van der Waals surface area contributed by atoms with Gasteiger partial charge in [0.15, 0.2) is 11.6 Å². The van der Waals surface area contributed by atoms with Gasteiger partial charge < -0.3 is 0 Å². The van der Waals surface area contributed by atoms with Crippen molar-refractivity contribution in [1.29, 1.82) is 0 Å².